The second-order valence-corrected chi connectivity index (χ2v) is 4.50. The first-order valence-corrected chi connectivity index (χ1v) is 6.51. The summed E-state index contributed by atoms with van der Waals surface area (Å²) in [6.45, 7) is 1.08. The molecule has 0 spiro atoms. The second kappa shape index (κ2) is 6.91. The number of methoxy groups -OCH3 is 1. The SMILES string of the molecule is COCCCNC(=O)C1NC(=O)OC1c1ccccc1. The molecular formula is C14H18N2O4. The number of hydrogen-bond donors (Lipinski definition) is 2. The maximum atomic E-state index is 12.1. The number of ether oxygens (including phenoxy) is 2. The zero-order chi connectivity index (χ0) is 14.4. The van der Waals surface area contributed by atoms with Crippen LogP contribution in [0.1, 0.15) is 18.1 Å². The van der Waals surface area contributed by atoms with Gasteiger partial charge in [-0.1, -0.05) is 30.3 Å². The number of alkyl carbamates (subject to hydrolysis) is 1. The summed E-state index contributed by atoms with van der Waals surface area (Å²) in [7, 11) is 1.61. The largest absolute Gasteiger partial charge is 0.439 e. The molecule has 2 amide bonds. The van der Waals surface area contributed by atoms with Crippen LogP contribution in [0.25, 0.3) is 0 Å². The topological polar surface area (TPSA) is 76.7 Å². The molecule has 1 aliphatic heterocycles. The Balaban J connectivity index is 1.98. The highest BCUT2D eigenvalue weighted by Gasteiger charge is 2.39. The van der Waals surface area contributed by atoms with E-state index in [4.69, 9.17) is 9.47 Å². The monoisotopic (exact) mass is 278 g/mol. The summed E-state index contributed by atoms with van der Waals surface area (Å²) < 4.78 is 10.1. The smallest absolute Gasteiger partial charge is 0.408 e. The van der Waals surface area contributed by atoms with Crippen molar-refractivity contribution in [2.24, 2.45) is 0 Å². The first-order valence-electron chi connectivity index (χ1n) is 6.51. The Bertz CT molecular complexity index is 464. The Kier molecular flexibility index (Phi) is 4.95. The van der Waals surface area contributed by atoms with Gasteiger partial charge in [-0.3, -0.25) is 4.79 Å². The Labute approximate surface area is 117 Å². The number of amides is 2. The zero-order valence-corrected chi connectivity index (χ0v) is 11.3. The van der Waals surface area contributed by atoms with Crippen LogP contribution in [0.5, 0.6) is 0 Å². The standard InChI is InChI=1S/C14H18N2O4/c1-19-9-5-8-15-13(17)11-12(20-14(18)16-11)10-6-3-2-4-7-10/h2-4,6-7,11-12H,5,8-9H2,1H3,(H,15,17)(H,16,18). The first kappa shape index (κ1) is 14.3. The molecule has 108 valence electrons. The van der Waals surface area contributed by atoms with Gasteiger partial charge in [0.05, 0.1) is 0 Å². The van der Waals surface area contributed by atoms with E-state index in [0.29, 0.717) is 13.2 Å². The van der Waals surface area contributed by atoms with Crippen LogP contribution in [0, 0.1) is 0 Å². The van der Waals surface area contributed by atoms with E-state index >= 15 is 0 Å². The van der Waals surface area contributed by atoms with Gasteiger partial charge in [-0.25, -0.2) is 4.79 Å². The van der Waals surface area contributed by atoms with Crippen molar-refractivity contribution in [2.75, 3.05) is 20.3 Å². The van der Waals surface area contributed by atoms with Gasteiger partial charge >= 0.3 is 6.09 Å². The number of carbonyl (C=O) groups is 2. The predicted molar refractivity (Wildman–Crippen MR) is 72.1 cm³/mol. The summed E-state index contributed by atoms with van der Waals surface area (Å²) in [4.78, 5) is 23.5. The molecule has 1 aliphatic rings. The average molecular weight is 278 g/mol. The van der Waals surface area contributed by atoms with Gasteiger partial charge in [-0.05, 0) is 12.0 Å². The molecule has 1 saturated heterocycles. The van der Waals surface area contributed by atoms with E-state index in [-0.39, 0.29) is 5.91 Å². The molecule has 6 heteroatoms. The molecule has 1 fully saturated rings. The number of benzene rings is 1. The van der Waals surface area contributed by atoms with Gasteiger partial charge in [0.2, 0.25) is 5.91 Å². The zero-order valence-electron chi connectivity index (χ0n) is 11.3. The molecule has 2 N–H and O–H groups in total. The van der Waals surface area contributed by atoms with Crippen LogP contribution in [0.4, 0.5) is 4.79 Å². The van der Waals surface area contributed by atoms with E-state index in [1.807, 2.05) is 30.3 Å². The van der Waals surface area contributed by atoms with Crippen LogP contribution >= 0.6 is 0 Å². The van der Waals surface area contributed by atoms with E-state index in [2.05, 4.69) is 10.6 Å². The first-order chi connectivity index (χ1) is 9.72. The molecule has 1 aromatic carbocycles. The van der Waals surface area contributed by atoms with Gasteiger partial charge in [-0.2, -0.15) is 0 Å². The highest BCUT2D eigenvalue weighted by molar-refractivity contribution is 5.88. The molecule has 2 rings (SSSR count). The molecule has 0 aliphatic carbocycles. The summed E-state index contributed by atoms with van der Waals surface area (Å²) in [5.74, 6) is -0.249. The van der Waals surface area contributed by atoms with Gasteiger partial charge in [0.1, 0.15) is 0 Å². The molecule has 2 atom stereocenters. The lowest BCUT2D eigenvalue weighted by Gasteiger charge is -2.16. The molecule has 1 heterocycles. The Morgan fingerprint density at radius 3 is 2.85 bits per heavy atom. The van der Waals surface area contributed by atoms with Crippen LogP contribution < -0.4 is 10.6 Å². The molecule has 0 saturated carbocycles. The minimum atomic E-state index is -0.701. The third-order valence-corrected chi connectivity index (χ3v) is 3.05. The van der Waals surface area contributed by atoms with Gasteiger partial charge in [0.25, 0.3) is 0 Å². The van der Waals surface area contributed by atoms with Crippen LogP contribution in [-0.2, 0) is 14.3 Å². The van der Waals surface area contributed by atoms with Crippen molar-refractivity contribution in [3.8, 4) is 0 Å². The third kappa shape index (κ3) is 3.48. The number of nitrogens with one attached hydrogen (secondary N) is 2. The van der Waals surface area contributed by atoms with Gasteiger partial charge in [0, 0.05) is 20.3 Å². The lowest BCUT2D eigenvalue weighted by molar-refractivity contribution is -0.124. The summed E-state index contributed by atoms with van der Waals surface area (Å²) in [6, 6.07) is 8.51. The van der Waals surface area contributed by atoms with Crippen molar-refractivity contribution in [3.05, 3.63) is 35.9 Å². The molecule has 0 aromatic heterocycles. The molecule has 20 heavy (non-hydrogen) atoms. The Morgan fingerprint density at radius 1 is 1.40 bits per heavy atom. The lowest BCUT2D eigenvalue weighted by atomic mass is 10.0. The number of carbonyl (C=O) groups excluding carboxylic acids is 2. The number of cyclic esters (lactones) is 1. The second-order valence-electron chi connectivity index (χ2n) is 4.50. The van der Waals surface area contributed by atoms with Crippen molar-refractivity contribution in [3.63, 3.8) is 0 Å². The molecule has 1 aromatic rings. The van der Waals surface area contributed by atoms with Gasteiger partial charge in [-0.15, -0.1) is 0 Å². The van der Waals surface area contributed by atoms with Crippen molar-refractivity contribution in [2.45, 2.75) is 18.6 Å². The summed E-state index contributed by atoms with van der Waals surface area (Å²) in [5.41, 5.74) is 0.794. The summed E-state index contributed by atoms with van der Waals surface area (Å²) in [5, 5.41) is 5.30. The van der Waals surface area contributed by atoms with E-state index in [1.165, 1.54) is 0 Å². The maximum Gasteiger partial charge on any atom is 0.408 e. The third-order valence-electron chi connectivity index (χ3n) is 3.05. The fourth-order valence-corrected chi connectivity index (χ4v) is 2.06. The minimum absolute atomic E-state index is 0.249. The van der Waals surface area contributed by atoms with Crippen LogP contribution in [0.15, 0.2) is 30.3 Å². The van der Waals surface area contributed by atoms with Crippen LogP contribution in [0.3, 0.4) is 0 Å². The molecule has 2 unspecified atom stereocenters. The number of rotatable bonds is 6. The van der Waals surface area contributed by atoms with Crippen molar-refractivity contribution in [1.29, 1.82) is 0 Å². The summed E-state index contributed by atoms with van der Waals surface area (Å²) >= 11 is 0. The average Bonchev–Trinajstić information content (AvgIpc) is 2.86. The fourth-order valence-electron chi connectivity index (χ4n) is 2.06. The fraction of sp³-hybridized carbons (Fsp3) is 0.429. The maximum absolute atomic E-state index is 12.1. The minimum Gasteiger partial charge on any atom is -0.439 e. The van der Waals surface area contributed by atoms with E-state index in [9.17, 15) is 9.59 Å². The van der Waals surface area contributed by atoms with Crippen molar-refractivity contribution >= 4 is 12.0 Å². The van der Waals surface area contributed by atoms with Crippen molar-refractivity contribution in [1.82, 2.24) is 10.6 Å². The van der Waals surface area contributed by atoms with Crippen LogP contribution in [0.2, 0.25) is 0 Å². The normalized spacial score (nSPS) is 21.1. The van der Waals surface area contributed by atoms with E-state index in [1.54, 1.807) is 7.11 Å². The Hall–Kier alpha value is -2.08. The van der Waals surface area contributed by atoms with Crippen molar-refractivity contribution < 1.29 is 19.1 Å². The molecule has 0 radical (unpaired) electrons. The predicted octanol–water partition coefficient (Wildman–Crippen LogP) is 0.989. The van der Waals surface area contributed by atoms with Gasteiger partial charge < -0.3 is 20.1 Å². The highest BCUT2D eigenvalue weighted by atomic mass is 16.6. The number of hydrogen-bond acceptors (Lipinski definition) is 4. The molecule has 0 bridgehead atoms. The lowest BCUT2D eigenvalue weighted by Crippen LogP contribution is -2.44. The van der Waals surface area contributed by atoms with Gasteiger partial charge in [0.15, 0.2) is 12.1 Å². The molecular weight excluding hydrogens is 260 g/mol. The van der Waals surface area contributed by atoms with Crippen LogP contribution in [-0.4, -0.2) is 38.3 Å². The highest BCUT2D eigenvalue weighted by Crippen LogP contribution is 2.26. The quantitative estimate of drug-likeness (QED) is 0.761. The van der Waals surface area contributed by atoms with E-state index in [0.717, 1.165) is 12.0 Å². The Morgan fingerprint density at radius 2 is 2.15 bits per heavy atom. The summed E-state index contributed by atoms with van der Waals surface area (Å²) in [6.07, 6.45) is -0.443. The molecule has 6 nitrogen and oxygen atoms in total. The van der Waals surface area contributed by atoms with E-state index < -0.39 is 18.2 Å².